The Morgan fingerprint density at radius 3 is 1.85 bits per heavy atom. The van der Waals surface area contributed by atoms with Crippen molar-refractivity contribution in [1.29, 1.82) is 0 Å². The molecule has 4 aliphatic rings. The van der Waals surface area contributed by atoms with E-state index in [1.807, 2.05) is 0 Å². The maximum absolute atomic E-state index is 10.3. The minimum atomic E-state index is -0.428. The van der Waals surface area contributed by atoms with E-state index in [1.165, 1.54) is 12.8 Å². The fraction of sp³-hybridized carbons (Fsp3) is 1.00. The smallest absolute Gasteiger partial charge is 0.0676 e. The monoisotopic (exact) mass is 216 g/mol. The van der Waals surface area contributed by atoms with Crippen molar-refractivity contribution in [2.24, 2.45) is 5.92 Å². The maximum Gasteiger partial charge on any atom is 0.0676 e. The Balaban J connectivity index is 2.03. The van der Waals surface area contributed by atoms with Crippen molar-refractivity contribution in [3.63, 3.8) is 0 Å². The van der Waals surface area contributed by atoms with Gasteiger partial charge in [0.25, 0.3) is 0 Å². The van der Waals surface area contributed by atoms with Crippen LogP contribution in [-0.4, -0.2) is 20.2 Å². The molecule has 4 saturated carbocycles. The highest BCUT2D eigenvalue weighted by molar-refractivity contribution is 7.83. The lowest BCUT2D eigenvalue weighted by atomic mass is 9.53. The van der Waals surface area contributed by atoms with Gasteiger partial charge in [-0.05, 0) is 44.4 Å². The molecule has 0 aliphatic heterocycles. The number of aliphatic hydroxyl groups is 1. The van der Waals surface area contributed by atoms with Gasteiger partial charge in [-0.3, -0.25) is 0 Å². The quantitative estimate of drug-likeness (QED) is 0.529. The molecule has 4 bridgehead atoms. The summed E-state index contributed by atoms with van der Waals surface area (Å²) in [6.07, 6.45) is 6.26. The van der Waals surface area contributed by atoms with Gasteiger partial charge in [0.1, 0.15) is 0 Å². The molecule has 4 rings (SSSR count). The average Bonchev–Trinajstić information content (AvgIpc) is 1.71. The predicted octanol–water partition coefficient (Wildman–Crippen LogP) is 2.05. The molecule has 0 amide bonds. The van der Waals surface area contributed by atoms with Crippen molar-refractivity contribution in [2.75, 3.05) is 0 Å². The fourth-order valence-electron chi connectivity index (χ4n) is 4.29. The lowest BCUT2D eigenvalue weighted by Gasteiger charge is -2.62. The van der Waals surface area contributed by atoms with Crippen LogP contribution in [0.2, 0.25) is 0 Å². The second kappa shape index (κ2) is 2.25. The molecule has 2 unspecified atom stereocenters. The Kier molecular flexibility index (Phi) is 1.54. The number of hydrogen-bond donors (Lipinski definition) is 3. The molecule has 0 saturated heterocycles. The third-order valence-electron chi connectivity index (χ3n) is 3.98. The largest absolute Gasteiger partial charge is 0.390 e. The molecule has 1 N–H and O–H groups in total. The van der Waals surface area contributed by atoms with Crippen LogP contribution in [0.3, 0.4) is 0 Å². The van der Waals surface area contributed by atoms with E-state index in [9.17, 15) is 5.11 Å². The van der Waals surface area contributed by atoms with Gasteiger partial charge in [-0.2, -0.15) is 25.3 Å². The van der Waals surface area contributed by atoms with E-state index < -0.39 is 5.60 Å². The molecule has 4 fully saturated rings. The summed E-state index contributed by atoms with van der Waals surface area (Å²) in [4.78, 5) is 0. The van der Waals surface area contributed by atoms with Crippen molar-refractivity contribution in [3.05, 3.63) is 0 Å². The van der Waals surface area contributed by atoms with Crippen LogP contribution < -0.4 is 0 Å². The van der Waals surface area contributed by atoms with Crippen molar-refractivity contribution < 1.29 is 5.11 Å². The molecule has 0 radical (unpaired) electrons. The highest BCUT2D eigenvalue weighted by atomic mass is 32.1. The first-order chi connectivity index (χ1) is 5.91. The Hall–Kier alpha value is 0.660. The third kappa shape index (κ3) is 1.27. The van der Waals surface area contributed by atoms with E-state index >= 15 is 0 Å². The van der Waals surface area contributed by atoms with Gasteiger partial charge in [-0.15, -0.1) is 0 Å². The Labute approximate surface area is 90.1 Å². The van der Waals surface area contributed by atoms with Gasteiger partial charge in [0.2, 0.25) is 0 Å². The third-order valence-corrected chi connectivity index (χ3v) is 4.98. The molecule has 13 heavy (non-hydrogen) atoms. The zero-order valence-corrected chi connectivity index (χ0v) is 9.45. The normalized spacial score (nSPS) is 64.4. The van der Waals surface area contributed by atoms with E-state index in [0.717, 1.165) is 25.7 Å². The zero-order chi connectivity index (χ0) is 9.32. The summed E-state index contributed by atoms with van der Waals surface area (Å²) in [5.41, 5.74) is -0.428. The van der Waals surface area contributed by atoms with Crippen molar-refractivity contribution in [3.8, 4) is 0 Å². The van der Waals surface area contributed by atoms with Crippen LogP contribution in [-0.2, 0) is 0 Å². The fourth-order valence-corrected chi connectivity index (χ4v) is 6.12. The second-order valence-electron chi connectivity index (χ2n) is 5.68. The van der Waals surface area contributed by atoms with Crippen molar-refractivity contribution in [1.82, 2.24) is 0 Å². The van der Waals surface area contributed by atoms with Gasteiger partial charge >= 0.3 is 0 Å². The number of hydrogen-bond acceptors (Lipinski definition) is 3. The first-order valence-corrected chi connectivity index (χ1v) is 5.97. The van der Waals surface area contributed by atoms with Crippen LogP contribution in [0.4, 0.5) is 0 Å². The Morgan fingerprint density at radius 2 is 1.46 bits per heavy atom. The van der Waals surface area contributed by atoms with E-state index in [-0.39, 0.29) is 9.49 Å². The maximum atomic E-state index is 10.3. The Morgan fingerprint density at radius 1 is 0.923 bits per heavy atom. The molecule has 1 nitrogen and oxygen atoms in total. The number of rotatable bonds is 0. The molecule has 4 aliphatic carbocycles. The van der Waals surface area contributed by atoms with Crippen LogP contribution in [0.1, 0.15) is 38.5 Å². The SMILES string of the molecule is OC12CC3CC(S)(C1)CC(S)(C3)C2. The zero-order valence-electron chi connectivity index (χ0n) is 7.66. The second-order valence-corrected chi connectivity index (χ2v) is 7.58. The summed E-state index contributed by atoms with van der Waals surface area (Å²) in [6, 6.07) is 0. The number of thiol groups is 2. The first-order valence-electron chi connectivity index (χ1n) is 5.08. The van der Waals surface area contributed by atoms with E-state index in [1.54, 1.807) is 0 Å². The molecule has 3 heteroatoms. The molecule has 0 aromatic heterocycles. The lowest BCUT2D eigenvalue weighted by Crippen LogP contribution is -2.62. The average molecular weight is 216 g/mol. The Bertz CT molecular complexity index is 215. The molecular formula is C10H16OS2. The summed E-state index contributed by atoms with van der Waals surface area (Å²) in [7, 11) is 0. The minimum Gasteiger partial charge on any atom is -0.390 e. The highest BCUT2D eigenvalue weighted by Crippen LogP contribution is 2.63. The van der Waals surface area contributed by atoms with Crippen LogP contribution in [0.25, 0.3) is 0 Å². The summed E-state index contributed by atoms with van der Waals surface area (Å²) in [5, 5.41) is 10.3. The first kappa shape index (κ1) is 8.93. The van der Waals surface area contributed by atoms with E-state index in [0.29, 0.717) is 5.92 Å². The standard InChI is InChI=1S/C10H16OS2/c11-8-1-7-2-9(12,4-8)6-10(13,3-7)5-8/h7,11-13H,1-6H2. The molecule has 0 heterocycles. The lowest BCUT2D eigenvalue weighted by molar-refractivity contribution is -0.102. The molecule has 74 valence electrons. The van der Waals surface area contributed by atoms with Gasteiger partial charge in [-0.25, -0.2) is 0 Å². The highest BCUT2D eigenvalue weighted by Gasteiger charge is 2.60. The van der Waals surface area contributed by atoms with E-state index in [4.69, 9.17) is 25.3 Å². The molecule has 0 aromatic rings. The summed E-state index contributed by atoms with van der Waals surface area (Å²) >= 11 is 9.50. The molecule has 2 atom stereocenters. The van der Waals surface area contributed by atoms with Crippen LogP contribution >= 0.6 is 25.3 Å². The molecule has 0 aromatic carbocycles. The van der Waals surface area contributed by atoms with Gasteiger partial charge in [0.15, 0.2) is 0 Å². The summed E-state index contributed by atoms with van der Waals surface area (Å²) in [6.45, 7) is 0. The van der Waals surface area contributed by atoms with Gasteiger partial charge in [0.05, 0.1) is 5.60 Å². The van der Waals surface area contributed by atoms with Crippen LogP contribution in [0.15, 0.2) is 0 Å². The van der Waals surface area contributed by atoms with Crippen molar-refractivity contribution in [2.45, 2.75) is 53.6 Å². The van der Waals surface area contributed by atoms with Gasteiger partial charge in [-0.1, -0.05) is 0 Å². The van der Waals surface area contributed by atoms with Crippen LogP contribution in [0.5, 0.6) is 0 Å². The van der Waals surface area contributed by atoms with Gasteiger partial charge in [0, 0.05) is 9.49 Å². The minimum absolute atomic E-state index is 0.0932. The predicted molar refractivity (Wildman–Crippen MR) is 59.6 cm³/mol. The van der Waals surface area contributed by atoms with E-state index in [2.05, 4.69) is 0 Å². The summed E-state index contributed by atoms with van der Waals surface area (Å²) in [5.74, 6) is 0.677. The molecular weight excluding hydrogens is 200 g/mol. The topological polar surface area (TPSA) is 20.2 Å². The van der Waals surface area contributed by atoms with Crippen molar-refractivity contribution >= 4 is 25.3 Å². The summed E-state index contributed by atoms with van der Waals surface area (Å²) < 4.78 is 0.186. The molecule has 0 spiro atoms. The van der Waals surface area contributed by atoms with Crippen LogP contribution in [0, 0.1) is 5.92 Å². The van der Waals surface area contributed by atoms with Gasteiger partial charge < -0.3 is 5.11 Å².